The Morgan fingerprint density at radius 3 is 3.05 bits per heavy atom. The predicted molar refractivity (Wildman–Crippen MR) is 77.6 cm³/mol. The van der Waals surface area contributed by atoms with Gasteiger partial charge in [0.2, 0.25) is 5.28 Å². The van der Waals surface area contributed by atoms with Crippen molar-refractivity contribution in [1.82, 2.24) is 14.5 Å². The van der Waals surface area contributed by atoms with E-state index in [1.165, 1.54) is 0 Å². The van der Waals surface area contributed by atoms with Crippen LogP contribution in [0.5, 0.6) is 0 Å². The molecule has 6 heteroatoms. The lowest BCUT2D eigenvalue weighted by molar-refractivity contribution is 0.0869. The fourth-order valence-electron chi connectivity index (χ4n) is 2.87. The fraction of sp³-hybridized carbons (Fsp3) is 0.200. The van der Waals surface area contributed by atoms with Gasteiger partial charge in [-0.05, 0) is 17.7 Å². The Kier molecular flexibility index (Phi) is 2.90. The molecule has 1 aliphatic rings. The maximum atomic E-state index is 14.2. The van der Waals surface area contributed by atoms with Crippen molar-refractivity contribution in [2.45, 2.75) is 13.2 Å². The number of para-hydroxylation sites is 1. The van der Waals surface area contributed by atoms with E-state index in [2.05, 4.69) is 14.5 Å². The molecule has 2 aromatic heterocycles. The number of hydrogen-bond donors (Lipinski definition) is 0. The third kappa shape index (κ3) is 1.92. The number of hydrogen-bond acceptors (Lipinski definition) is 3. The van der Waals surface area contributed by atoms with Crippen molar-refractivity contribution in [2.24, 2.45) is 0 Å². The van der Waals surface area contributed by atoms with E-state index in [0.29, 0.717) is 13.2 Å². The second kappa shape index (κ2) is 4.79. The summed E-state index contributed by atoms with van der Waals surface area (Å²) in [7, 11) is 0. The smallest absolute Gasteiger partial charge is 0.223 e. The molecule has 0 N–H and O–H groups in total. The summed E-state index contributed by atoms with van der Waals surface area (Å²) in [6, 6.07) is 7.89. The van der Waals surface area contributed by atoms with Crippen LogP contribution < -0.4 is 0 Å². The van der Waals surface area contributed by atoms with Crippen LogP contribution in [-0.4, -0.2) is 21.1 Å². The van der Waals surface area contributed by atoms with E-state index in [9.17, 15) is 4.39 Å². The lowest BCUT2D eigenvalue weighted by Crippen LogP contribution is -2.16. The third-order valence-corrected chi connectivity index (χ3v) is 3.91. The van der Waals surface area contributed by atoms with Crippen LogP contribution in [0, 0.1) is 5.82 Å². The summed E-state index contributed by atoms with van der Waals surface area (Å²) >= 11 is 5.84. The molecule has 4 nitrogen and oxygen atoms in total. The van der Waals surface area contributed by atoms with Crippen LogP contribution in [0.3, 0.4) is 0 Å². The first-order chi connectivity index (χ1) is 10.3. The number of benzene rings is 1. The Bertz CT molecular complexity index is 846. The van der Waals surface area contributed by atoms with Gasteiger partial charge in [0.25, 0.3) is 0 Å². The van der Waals surface area contributed by atoms with Gasteiger partial charge in [-0.3, -0.25) is 0 Å². The van der Waals surface area contributed by atoms with Crippen LogP contribution in [0.15, 0.2) is 30.5 Å². The largest absolute Gasteiger partial charge is 0.373 e. The van der Waals surface area contributed by atoms with Crippen LogP contribution in [0.25, 0.3) is 22.2 Å². The van der Waals surface area contributed by atoms with Crippen molar-refractivity contribution >= 4 is 22.5 Å². The number of ether oxygens (including phenoxy) is 1. The molecule has 0 unspecified atom stereocenters. The van der Waals surface area contributed by atoms with E-state index in [1.54, 1.807) is 0 Å². The van der Waals surface area contributed by atoms with E-state index < -0.39 is 5.82 Å². The van der Waals surface area contributed by atoms with Gasteiger partial charge in [-0.1, -0.05) is 18.2 Å². The van der Waals surface area contributed by atoms with Crippen LogP contribution in [0.2, 0.25) is 5.28 Å². The normalized spacial score (nSPS) is 14.4. The van der Waals surface area contributed by atoms with Crippen LogP contribution in [0.4, 0.5) is 4.39 Å². The van der Waals surface area contributed by atoms with Crippen molar-refractivity contribution in [2.75, 3.05) is 6.61 Å². The SMILES string of the molecule is Fc1cnc(Cl)nc1-c1c2n(c3ccccc13)CCOC2. The van der Waals surface area contributed by atoms with Gasteiger partial charge in [-0.2, -0.15) is 0 Å². The minimum atomic E-state index is -0.482. The summed E-state index contributed by atoms with van der Waals surface area (Å²) in [5.74, 6) is -0.482. The molecule has 3 aromatic rings. The molecular formula is C15H11ClFN3O. The first kappa shape index (κ1) is 12.7. The number of nitrogens with zero attached hydrogens (tertiary/aromatic N) is 3. The molecule has 0 saturated heterocycles. The third-order valence-electron chi connectivity index (χ3n) is 3.73. The summed E-state index contributed by atoms with van der Waals surface area (Å²) in [6.07, 6.45) is 1.10. The number of aromatic nitrogens is 3. The molecule has 3 heterocycles. The van der Waals surface area contributed by atoms with Crippen molar-refractivity contribution in [3.05, 3.63) is 47.3 Å². The Morgan fingerprint density at radius 2 is 2.14 bits per heavy atom. The Labute approximate surface area is 125 Å². The molecular weight excluding hydrogens is 293 g/mol. The predicted octanol–water partition coefficient (Wildman–Crippen LogP) is 3.42. The van der Waals surface area contributed by atoms with E-state index in [0.717, 1.165) is 34.9 Å². The lowest BCUT2D eigenvalue weighted by Gasteiger charge is -2.18. The van der Waals surface area contributed by atoms with Gasteiger partial charge in [-0.15, -0.1) is 0 Å². The summed E-state index contributed by atoms with van der Waals surface area (Å²) in [4.78, 5) is 7.77. The molecule has 0 amide bonds. The molecule has 21 heavy (non-hydrogen) atoms. The second-order valence-corrected chi connectivity index (χ2v) is 5.22. The molecule has 0 spiro atoms. The Morgan fingerprint density at radius 1 is 1.29 bits per heavy atom. The fourth-order valence-corrected chi connectivity index (χ4v) is 3.00. The highest BCUT2D eigenvalue weighted by molar-refractivity contribution is 6.28. The monoisotopic (exact) mass is 303 g/mol. The van der Waals surface area contributed by atoms with Gasteiger partial charge in [0, 0.05) is 23.0 Å². The van der Waals surface area contributed by atoms with Gasteiger partial charge < -0.3 is 9.30 Å². The molecule has 0 bridgehead atoms. The molecule has 0 radical (unpaired) electrons. The molecule has 0 saturated carbocycles. The van der Waals surface area contributed by atoms with E-state index in [4.69, 9.17) is 16.3 Å². The first-order valence-electron chi connectivity index (χ1n) is 6.62. The van der Waals surface area contributed by atoms with Crippen molar-refractivity contribution in [3.63, 3.8) is 0 Å². The van der Waals surface area contributed by atoms with Gasteiger partial charge in [0.15, 0.2) is 5.82 Å². The summed E-state index contributed by atoms with van der Waals surface area (Å²) < 4.78 is 21.9. The number of fused-ring (bicyclic) bond motifs is 3. The second-order valence-electron chi connectivity index (χ2n) is 4.88. The maximum Gasteiger partial charge on any atom is 0.223 e. The highest BCUT2D eigenvalue weighted by atomic mass is 35.5. The van der Waals surface area contributed by atoms with Crippen molar-refractivity contribution in [3.8, 4) is 11.3 Å². The Hall–Kier alpha value is -1.98. The zero-order valence-electron chi connectivity index (χ0n) is 11.0. The summed E-state index contributed by atoms with van der Waals surface area (Å²) in [5, 5.41) is 0.985. The van der Waals surface area contributed by atoms with Crippen molar-refractivity contribution in [1.29, 1.82) is 0 Å². The van der Waals surface area contributed by atoms with Gasteiger partial charge in [0.1, 0.15) is 5.69 Å². The lowest BCUT2D eigenvalue weighted by atomic mass is 10.1. The first-order valence-corrected chi connectivity index (χ1v) is 7.00. The highest BCUT2D eigenvalue weighted by Gasteiger charge is 2.24. The maximum absolute atomic E-state index is 14.2. The zero-order valence-corrected chi connectivity index (χ0v) is 11.8. The molecule has 106 valence electrons. The molecule has 4 rings (SSSR count). The average molecular weight is 304 g/mol. The summed E-state index contributed by atoms with van der Waals surface area (Å²) in [6.45, 7) is 1.83. The van der Waals surface area contributed by atoms with Crippen LogP contribution in [0.1, 0.15) is 5.69 Å². The standard InChI is InChI=1S/C15H11ClFN3O/c16-15-18-7-10(17)14(19-15)13-9-3-1-2-4-11(9)20-5-6-21-8-12(13)20/h1-4,7H,5-6,8H2. The quantitative estimate of drug-likeness (QED) is 0.647. The van der Waals surface area contributed by atoms with E-state index >= 15 is 0 Å². The Balaban J connectivity index is 2.10. The molecule has 0 fully saturated rings. The van der Waals surface area contributed by atoms with Gasteiger partial charge in [-0.25, -0.2) is 14.4 Å². The van der Waals surface area contributed by atoms with Crippen LogP contribution in [-0.2, 0) is 17.9 Å². The highest BCUT2D eigenvalue weighted by Crippen LogP contribution is 2.37. The number of rotatable bonds is 1. The minimum absolute atomic E-state index is 0.0344. The number of halogens is 2. The van der Waals surface area contributed by atoms with E-state index in [1.807, 2.05) is 24.3 Å². The van der Waals surface area contributed by atoms with E-state index in [-0.39, 0.29) is 11.0 Å². The average Bonchev–Trinajstić information content (AvgIpc) is 2.84. The summed E-state index contributed by atoms with van der Waals surface area (Å²) in [5.41, 5.74) is 2.95. The zero-order chi connectivity index (χ0) is 14.4. The van der Waals surface area contributed by atoms with Crippen molar-refractivity contribution < 1.29 is 9.13 Å². The molecule has 1 aromatic carbocycles. The topological polar surface area (TPSA) is 39.9 Å². The molecule has 1 aliphatic heterocycles. The molecule has 0 atom stereocenters. The minimum Gasteiger partial charge on any atom is -0.373 e. The van der Waals surface area contributed by atoms with Gasteiger partial charge in [0.05, 0.1) is 25.1 Å². The van der Waals surface area contributed by atoms with Crippen LogP contribution >= 0.6 is 11.6 Å². The molecule has 0 aliphatic carbocycles. The van der Waals surface area contributed by atoms with Gasteiger partial charge >= 0.3 is 0 Å².